The lowest BCUT2D eigenvalue weighted by Gasteiger charge is -2.00. The lowest BCUT2D eigenvalue weighted by Crippen LogP contribution is -2.06. The van der Waals surface area contributed by atoms with Crippen LogP contribution in [0.15, 0.2) is 33.7 Å². The molecule has 1 aromatic heterocycles. The largest absolute Gasteiger partial charge is 0.463 e. The third-order valence-corrected chi connectivity index (χ3v) is 2.53. The number of hydrogen-bond acceptors (Lipinski definition) is 4. The molecule has 0 saturated heterocycles. The van der Waals surface area contributed by atoms with Crippen molar-refractivity contribution in [1.29, 1.82) is 0 Å². The maximum absolute atomic E-state index is 13.1. The Labute approximate surface area is 112 Å². The van der Waals surface area contributed by atoms with Gasteiger partial charge in [0.05, 0.1) is 17.6 Å². The molecule has 104 valence electrons. The topological polar surface area (TPSA) is 56.5 Å². The summed E-state index contributed by atoms with van der Waals surface area (Å²) in [5, 5.41) is -0.102. The number of carbonyl (C=O) groups excluding carboxylic acids is 1. The van der Waals surface area contributed by atoms with E-state index in [4.69, 9.17) is 4.42 Å². The summed E-state index contributed by atoms with van der Waals surface area (Å²) in [7, 11) is 0. The molecule has 0 aliphatic rings. The highest BCUT2D eigenvalue weighted by molar-refractivity contribution is 5.88. The van der Waals surface area contributed by atoms with Gasteiger partial charge in [-0.3, -0.25) is 4.79 Å². The van der Waals surface area contributed by atoms with Crippen molar-refractivity contribution in [3.63, 3.8) is 0 Å². The fraction of sp³-hybridized carbons (Fsp3) is 0.143. The molecule has 0 spiro atoms. The summed E-state index contributed by atoms with van der Waals surface area (Å²) in [6.07, 6.45) is 3.32. The molecule has 1 aromatic carbocycles. The number of rotatable bonds is 3. The summed E-state index contributed by atoms with van der Waals surface area (Å²) in [4.78, 5) is 23.1. The van der Waals surface area contributed by atoms with Gasteiger partial charge in [0.25, 0.3) is 0 Å². The van der Waals surface area contributed by atoms with Crippen LogP contribution in [0.3, 0.4) is 0 Å². The minimum atomic E-state index is -1.14. The highest BCUT2D eigenvalue weighted by Crippen LogP contribution is 2.16. The Balaban J connectivity index is 2.47. The number of ether oxygens (including phenoxy) is 1. The van der Waals surface area contributed by atoms with Crippen LogP contribution in [0, 0.1) is 11.6 Å². The molecular weight excluding hydrogens is 270 g/mol. The lowest BCUT2D eigenvalue weighted by molar-refractivity contribution is -0.137. The van der Waals surface area contributed by atoms with Gasteiger partial charge >= 0.3 is 5.97 Å². The van der Waals surface area contributed by atoms with Gasteiger partial charge in [-0.1, -0.05) is 0 Å². The molecule has 6 heteroatoms. The van der Waals surface area contributed by atoms with Crippen LogP contribution in [0.4, 0.5) is 8.78 Å². The van der Waals surface area contributed by atoms with Gasteiger partial charge in [0.2, 0.25) is 0 Å². The second-order valence-corrected chi connectivity index (χ2v) is 3.87. The van der Waals surface area contributed by atoms with Crippen molar-refractivity contribution in [3.8, 4) is 0 Å². The normalized spacial score (nSPS) is 11.2. The predicted octanol–water partition coefficient (Wildman–Crippen LogP) is 2.65. The smallest absolute Gasteiger partial charge is 0.330 e. The van der Waals surface area contributed by atoms with Crippen molar-refractivity contribution in [3.05, 3.63) is 51.9 Å². The van der Waals surface area contributed by atoms with Crippen molar-refractivity contribution >= 4 is 23.0 Å². The van der Waals surface area contributed by atoms with E-state index in [1.165, 1.54) is 6.08 Å². The first kappa shape index (κ1) is 13.9. The molecular formula is C14H10F2O4. The van der Waals surface area contributed by atoms with Gasteiger partial charge in [0, 0.05) is 12.1 Å². The third kappa shape index (κ3) is 2.74. The van der Waals surface area contributed by atoms with Crippen LogP contribution in [-0.4, -0.2) is 12.6 Å². The molecule has 0 bridgehead atoms. The number of esters is 1. The Hall–Kier alpha value is -2.50. The van der Waals surface area contributed by atoms with E-state index in [9.17, 15) is 18.4 Å². The monoisotopic (exact) mass is 280 g/mol. The number of hydrogen-bond donors (Lipinski definition) is 0. The maximum Gasteiger partial charge on any atom is 0.330 e. The summed E-state index contributed by atoms with van der Waals surface area (Å²) in [5.41, 5.74) is -0.593. The Kier molecular flexibility index (Phi) is 3.93. The minimum absolute atomic E-state index is 0.0385. The van der Waals surface area contributed by atoms with Crippen molar-refractivity contribution in [2.45, 2.75) is 6.92 Å². The van der Waals surface area contributed by atoms with E-state index in [0.29, 0.717) is 0 Å². The second kappa shape index (κ2) is 5.64. The van der Waals surface area contributed by atoms with Crippen LogP contribution < -0.4 is 5.43 Å². The van der Waals surface area contributed by atoms with Gasteiger partial charge in [-0.2, -0.15) is 0 Å². The molecule has 20 heavy (non-hydrogen) atoms. The summed E-state index contributed by atoms with van der Waals surface area (Å²) in [6, 6.07) is 1.56. The standard InChI is InChI=1S/C14H10F2O4/c1-2-19-13(17)4-3-8-7-20-12-6-11(16)10(15)5-9(12)14(8)18/h3-7H,2H2,1H3. The fourth-order valence-electron chi connectivity index (χ4n) is 1.60. The Morgan fingerprint density at radius 2 is 2.05 bits per heavy atom. The molecule has 0 radical (unpaired) electrons. The SMILES string of the molecule is CCOC(=O)C=Cc1coc2cc(F)c(F)cc2c1=O. The van der Waals surface area contributed by atoms with Crippen LogP contribution in [0.1, 0.15) is 12.5 Å². The highest BCUT2D eigenvalue weighted by atomic mass is 19.2. The van der Waals surface area contributed by atoms with E-state index in [1.807, 2.05) is 0 Å². The molecule has 0 unspecified atom stereocenters. The lowest BCUT2D eigenvalue weighted by atomic mass is 10.1. The van der Waals surface area contributed by atoms with E-state index in [1.54, 1.807) is 6.92 Å². The van der Waals surface area contributed by atoms with Gasteiger partial charge in [-0.25, -0.2) is 13.6 Å². The van der Waals surface area contributed by atoms with E-state index in [0.717, 1.165) is 24.5 Å². The first-order valence-corrected chi connectivity index (χ1v) is 5.78. The average Bonchev–Trinajstić information content (AvgIpc) is 2.41. The molecule has 2 rings (SSSR count). The zero-order valence-electron chi connectivity index (χ0n) is 10.5. The first-order chi connectivity index (χ1) is 9.52. The summed E-state index contributed by atoms with van der Waals surface area (Å²) < 4.78 is 35.8. The Morgan fingerprint density at radius 1 is 1.35 bits per heavy atom. The Bertz CT molecular complexity index is 747. The summed E-state index contributed by atoms with van der Waals surface area (Å²) in [5.74, 6) is -2.86. The summed E-state index contributed by atoms with van der Waals surface area (Å²) in [6.45, 7) is 1.85. The van der Waals surface area contributed by atoms with Crippen LogP contribution >= 0.6 is 0 Å². The van der Waals surface area contributed by atoms with E-state index < -0.39 is 23.0 Å². The molecule has 1 heterocycles. The number of fused-ring (bicyclic) bond motifs is 1. The molecule has 0 saturated carbocycles. The number of benzene rings is 1. The first-order valence-electron chi connectivity index (χ1n) is 5.78. The zero-order chi connectivity index (χ0) is 14.7. The molecule has 2 aromatic rings. The van der Waals surface area contributed by atoms with Crippen LogP contribution in [0.25, 0.3) is 17.0 Å². The van der Waals surface area contributed by atoms with Crippen molar-refractivity contribution in [1.82, 2.24) is 0 Å². The molecule has 0 N–H and O–H groups in total. The van der Waals surface area contributed by atoms with Gasteiger partial charge in [0.15, 0.2) is 17.1 Å². The molecule has 0 amide bonds. The van der Waals surface area contributed by atoms with Crippen LogP contribution in [-0.2, 0) is 9.53 Å². The van der Waals surface area contributed by atoms with Crippen LogP contribution in [0.2, 0.25) is 0 Å². The number of carbonyl (C=O) groups is 1. The van der Waals surface area contributed by atoms with Crippen molar-refractivity contribution < 1.29 is 22.7 Å². The van der Waals surface area contributed by atoms with Crippen molar-refractivity contribution in [2.24, 2.45) is 0 Å². The van der Waals surface area contributed by atoms with Crippen LogP contribution in [0.5, 0.6) is 0 Å². The van der Waals surface area contributed by atoms with Crippen molar-refractivity contribution in [2.75, 3.05) is 6.61 Å². The summed E-state index contributed by atoms with van der Waals surface area (Å²) >= 11 is 0. The third-order valence-electron chi connectivity index (χ3n) is 2.53. The van der Waals surface area contributed by atoms with Gasteiger partial charge in [-0.15, -0.1) is 0 Å². The van der Waals surface area contributed by atoms with E-state index >= 15 is 0 Å². The minimum Gasteiger partial charge on any atom is -0.463 e. The van der Waals surface area contributed by atoms with Gasteiger partial charge in [0.1, 0.15) is 11.8 Å². The molecule has 0 aliphatic heterocycles. The average molecular weight is 280 g/mol. The zero-order valence-corrected chi connectivity index (χ0v) is 10.5. The molecule has 4 nitrogen and oxygen atoms in total. The Morgan fingerprint density at radius 3 is 2.75 bits per heavy atom. The number of halogens is 2. The molecule has 0 atom stereocenters. The second-order valence-electron chi connectivity index (χ2n) is 3.87. The highest BCUT2D eigenvalue weighted by Gasteiger charge is 2.10. The quantitative estimate of drug-likeness (QED) is 0.640. The van der Waals surface area contributed by atoms with E-state index in [2.05, 4.69) is 4.74 Å². The molecule has 0 aliphatic carbocycles. The fourth-order valence-corrected chi connectivity index (χ4v) is 1.60. The predicted molar refractivity (Wildman–Crippen MR) is 68.1 cm³/mol. The maximum atomic E-state index is 13.1. The van der Waals surface area contributed by atoms with Gasteiger partial charge in [-0.05, 0) is 19.1 Å². The molecule has 0 fully saturated rings. The van der Waals surface area contributed by atoms with E-state index in [-0.39, 0.29) is 23.1 Å². The van der Waals surface area contributed by atoms with Gasteiger partial charge < -0.3 is 9.15 Å².